The first-order valence-corrected chi connectivity index (χ1v) is 6.64. The predicted molar refractivity (Wildman–Crippen MR) is 79.1 cm³/mol. The van der Waals surface area contributed by atoms with Crippen LogP contribution in [0.5, 0.6) is 0 Å². The van der Waals surface area contributed by atoms with Gasteiger partial charge < -0.3 is 10.2 Å². The summed E-state index contributed by atoms with van der Waals surface area (Å²) in [6.07, 6.45) is 1.97. The van der Waals surface area contributed by atoms with E-state index in [1.165, 1.54) is 11.1 Å². The molecule has 0 amide bonds. The highest BCUT2D eigenvalue weighted by Gasteiger charge is 2.12. The molecule has 0 aromatic carbocycles. The van der Waals surface area contributed by atoms with E-state index < -0.39 is 0 Å². The summed E-state index contributed by atoms with van der Waals surface area (Å²) in [5.74, 6) is 1.07. The minimum Gasteiger partial charge on any atom is -0.357 e. The van der Waals surface area contributed by atoms with Crippen molar-refractivity contribution in [3.63, 3.8) is 0 Å². The number of aryl methyl sites for hydroxylation is 1. The molecule has 1 aromatic heterocycles. The molecule has 0 radical (unpaired) electrons. The van der Waals surface area contributed by atoms with Gasteiger partial charge in [-0.05, 0) is 58.7 Å². The summed E-state index contributed by atoms with van der Waals surface area (Å²) in [6, 6.07) is 2.69. The standard InChI is InChI=1S/C15H27N3/c1-11(2)18(7)14-12(3)8-13(9-16-14)10-17-15(4,5)6/h8-9,11,17H,10H2,1-7H3. The van der Waals surface area contributed by atoms with Crippen LogP contribution >= 0.6 is 0 Å². The molecule has 0 unspecified atom stereocenters. The first-order valence-electron chi connectivity index (χ1n) is 6.64. The summed E-state index contributed by atoms with van der Waals surface area (Å²) in [4.78, 5) is 6.79. The van der Waals surface area contributed by atoms with Crippen LogP contribution in [0.3, 0.4) is 0 Å². The molecular formula is C15H27N3. The molecule has 1 aromatic rings. The molecule has 0 bridgehead atoms. The minimum absolute atomic E-state index is 0.140. The van der Waals surface area contributed by atoms with Crippen LogP contribution in [-0.4, -0.2) is 23.6 Å². The molecule has 0 fully saturated rings. The van der Waals surface area contributed by atoms with Crippen molar-refractivity contribution in [3.05, 3.63) is 23.4 Å². The van der Waals surface area contributed by atoms with Crippen LogP contribution in [0.25, 0.3) is 0 Å². The molecule has 1 heterocycles. The lowest BCUT2D eigenvalue weighted by Crippen LogP contribution is -2.35. The van der Waals surface area contributed by atoms with Gasteiger partial charge in [-0.15, -0.1) is 0 Å². The van der Waals surface area contributed by atoms with Crippen LogP contribution in [0.15, 0.2) is 12.3 Å². The summed E-state index contributed by atoms with van der Waals surface area (Å²) in [5, 5.41) is 3.48. The van der Waals surface area contributed by atoms with Crippen LogP contribution in [0.4, 0.5) is 5.82 Å². The molecule has 3 heteroatoms. The fraction of sp³-hybridized carbons (Fsp3) is 0.667. The number of pyridine rings is 1. The Morgan fingerprint density at radius 2 is 1.94 bits per heavy atom. The Balaban J connectivity index is 2.80. The zero-order valence-electron chi connectivity index (χ0n) is 12.8. The second-order valence-corrected chi connectivity index (χ2v) is 6.29. The van der Waals surface area contributed by atoms with Crippen LogP contribution in [0, 0.1) is 6.92 Å². The number of hydrogen-bond acceptors (Lipinski definition) is 3. The van der Waals surface area contributed by atoms with Crippen LogP contribution in [0.2, 0.25) is 0 Å². The highest BCUT2D eigenvalue weighted by atomic mass is 15.2. The van der Waals surface area contributed by atoms with Gasteiger partial charge in [-0.3, -0.25) is 0 Å². The normalized spacial score (nSPS) is 12.0. The van der Waals surface area contributed by atoms with Gasteiger partial charge in [-0.1, -0.05) is 0 Å². The molecule has 0 saturated heterocycles. The van der Waals surface area contributed by atoms with Crippen molar-refractivity contribution < 1.29 is 0 Å². The van der Waals surface area contributed by atoms with Gasteiger partial charge in [0, 0.05) is 31.4 Å². The summed E-state index contributed by atoms with van der Waals surface area (Å²) in [6.45, 7) is 13.9. The average Bonchev–Trinajstić information content (AvgIpc) is 2.24. The zero-order chi connectivity index (χ0) is 13.9. The number of nitrogens with zero attached hydrogens (tertiary/aromatic N) is 2. The van der Waals surface area contributed by atoms with Crippen molar-refractivity contribution in [1.29, 1.82) is 0 Å². The van der Waals surface area contributed by atoms with Crippen molar-refractivity contribution in [2.24, 2.45) is 0 Å². The molecule has 0 aliphatic rings. The summed E-state index contributed by atoms with van der Waals surface area (Å²) in [7, 11) is 2.09. The van der Waals surface area contributed by atoms with Gasteiger partial charge in [0.05, 0.1) is 0 Å². The van der Waals surface area contributed by atoms with Crippen molar-refractivity contribution in [2.45, 2.75) is 59.7 Å². The summed E-state index contributed by atoms with van der Waals surface area (Å²) < 4.78 is 0. The molecule has 3 nitrogen and oxygen atoms in total. The molecule has 18 heavy (non-hydrogen) atoms. The fourth-order valence-corrected chi connectivity index (χ4v) is 1.70. The zero-order valence-corrected chi connectivity index (χ0v) is 12.8. The monoisotopic (exact) mass is 249 g/mol. The predicted octanol–water partition coefficient (Wildman–Crippen LogP) is 3.12. The van der Waals surface area contributed by atoms with E-state index >= 15 is 0 Å². The number of anilines is 1. The highest BCUT2D eigenvalue weighted by Crippen LogP contribution is 2.18. The molecule has 1 N–H and O–H groups in total. The van der Waals surface area contributed by atoms with E-state index in [4.69, 9.17) is 0 Å². The Morgan fingerprint density at radius 3 is 2.39 bits per heavy atom. The Kier molecular flexibility index (Phi) is 4.74. The molecular weight excluding hydrogens is 222 g/mol. The molecule has 0 atom stereocenters. The maximum Gasteiger partial charge on any atom is 0.131 e. The number of hydrogen-bond donors (Lipinski definition) is 1. The molecule has 0 aliphatic carbocycles. The van der Waals surface area contributed by atoms with E-state index in [0.717, 1.165) is 12.4 Å². The molecule has 0 spiro atoms. The first kappa shape index (κ1) is 15.0. The van der Waals surface area contributed by atoms with Gasteiger partial charge in [-0.25, -0.2) is 4.98 Å². The highest BCUT2D eigenvalue weighted by molar-refractivity contribution is 5.47. The van der Waals surface area contributed by atoms with Gasteiger partial charge >= 0.3 is 0 Å². The van der Waals surface area contributed by atoms with Crippen molar-refractivity contribution in [1.82, 2.24) is 10.3 Å². The molecule has 1 rings (SSSR count). The quantitative estimate of drug-likeness (QED) is 0.888. The lowest BCUT2D eigenvalue weighted by atomic mass is 10.1. The SMILES string of the molecule is Cc1cc(CNC(C)(C)C)cnc1N(C)C(C)C. The molecule has 102 valence electrons. The second kappa shape index (κ2) is 5.70. The Bertz CT molecular complexity index is 391. The van der Waals surface area contributed by atoms with E-state index in [1.54, 1.807) is 0 Å². The number of aromatic nitrogens is 1. The van der Waals surface area contributed by atoms with Crippen LogP contribution < -0.4 is 10.2 Å². The van der Waals surface area contributed by atoms with Gasteiger partial charge in [0.2, 0.25) is 0 Å². The molecule has 0 aliphatic heterocycles. The first-order chi connectivity index (χ1) is 8.20. The van der Waals surface area contributed by atoms with Gasteiger partial charge in [0.1, 0.15) is 5.82 Å². The Labute approximate surface area is 112 Å². The number of nitrogens with one attached hydrogen (secondary N) is 1. The van der Waals surface area contributed by atoms with Crippen LogP contribution in [0.1, 0.15) is 45.7 Å². The lowest BCUT2D eigenvalue weighted by Gasteiger charge is -2.25. The maximum atomic E-state index is 4.59. The maximum absolute atomic E-state index is 4.59. The van der Waals surface area contributed by atoms with E-state index in [9.17, 15) is 0 Å². The largest absolute Gasteiger partial charge is 0.357 e. The van der Waals surface area contributed by atoms with Crippen molar-refractivity contribution in [3.8, 4) is 0 Å². The molecule has 0 saturated carbocycles. The van der Waals surface area contributed by atoms with Gasteiger partial charge in [0.15, 0.2) is 0 Å². The fourth-order valence-electron chi connectivity index (χ4n) is 1.70. The topological polar surface area (TPSA) is 28.2 Å². The third-order valence-electron chi connectivity index (χ3n) is 3.04. The smallest absolute Gasteiger partial charge is 0.131 e. The summed E-state index contributed by atoms with van der Waals surface area (Å²) in [5.41, 5.74) is 2.61. The average molecular weight is 249 g/mol. The lowest BCUT2D eigenvalue weighted by molar-refractivity contribution is 0.424. The second-order valence-electron chi connectivity index (χ2n) is 6.29. The van der Waals surface area contributed by atoms with Crippen molar-refractivity contribution >= 4 is 5.82 Å². The Hall–Kier alpha value is -1.09. The van der Waals surface area contributed by atoms with E-state index in [2.05, 4.69) is 69.9 Å². The Morgan fingerprint density at radius 1 is 1.33 bits per heavy atom. The van der Waals surface area contributed by atoms with E-state index in [0.29, 0.717) is 6.04 Å². The van der Waals surface area contributed by atoms with Gasteiger partial charge in [0.25, 0.3) is 0 Å². The summed E-state index contributed by atoms with van der Waals surface area (Å²) >= 11 is 0. The third-order valence-corrected chi connectivity index (χ3v) is 3.04. The van der Waals surface area contributed by atoms with E-state index in [-0.39, 0.29) is 5.54 Å². The van der Waals surface area contributed by atoms with E-state index in [1.807, 2.05) is 6.20 Å². The third kappa shape index (κ3) is 4.30. The number of rotatable bonds is 4. The van der Waals surface area contributed by atoms with Gasteiger partial charge in [-0.2, -0.15) is 0 Å². The van der Waals surface area contributed by atoms with Crippen molar-refractivity contribution in [2.75, 3.05) is 11.9 Å². The van der Waals surface area contributed by atoms with Crippen LogP contribution in [-0.2, 0) is 6.54 Å². The minimum atomic E-state index is 0.140.